The van der Waals surface area contributed by atoms with E-state index in [-0.39, 0.29) is 51.2 Å². The second-order valence-electron chi connectivity index (χ2n) is 4.95. The topological polar surface area (TPSA) is 122 Å². The van der Waals surface area contributed by atoms with Crippen molar-refractivity contribution in [2.75, 3.05) is 33.0 Å². The van der Waals surface area contributed by atoms with Gasteiger partial charge in [0.25, 0.3) is 11.8 Å². The van der Waals surface area contributed by atoms with E-state index in [0.29, 0.717) is 0 Å². The molecule has 2 aliphatic heterocycles. The van der Waals surface area contributed by atoms with E-state index < -0.39 is 17.4 Å². The van der Waals surface area contributed by atoms with Gasteiger partial charge in [0.2, 0.25) is 5.91 Å². The molecule has 9 heteroatoms. The van der Waals surface area contributed by atoms with Crippen molar-refractivity contribution in [2.45, 2.75) is 12.0 Å². The molecule has 0 saturated carbocycles. The van der Waals surface area contributed by atoms with Gasteiger partial charge in [0.05, 0.1) is 33.0 Å². The second-order valence-corrected chi connectivity index (χ2v) is 4.95. The Labute approximate surface area is 125 Å². The van der Waals surface area contributed by atoms with E-state index in [1.165, 1.54) is 12.2 Å². The molecule has 0 aromatic rings. The molecule has 2 rings (SSSR count). The van der Waals surface area contributed by atoms with Crippen LogP contribution in [0.3, 0.4) is 0 Å². The van der Waals surface area contributed by atoms with Gasteiger partial charge in [0.1, 0.15) is 0 Å². The third-order valence-electron chi connectivity index (χ3n) is 3.32. The first-order chi connectivity index (χ1) is 10.4. The fourth-order valence-electron chi connectivity index (χ4n) is 1.96. The number of imide groups is 1. The molecule has 9 nitrogen and oxygen atoms in total. The van der Waals surface area contributed by atoms with Crippen molar-refractivity contribution in [3.8, 4) is 0 Å². The first kappa shape index (κ1) is 16.1. The number of ether oxygens (including phenoxy) is 2. The number of carbonyl (C=O) groups is 4. The molecule has 2 N–H and O–H groups in total. The van der Waals surface area contributed by atoms with E-state index in [9.17, 15) is 19.2 Å². The highest BCUT2D eigenvalue weighted by Crippen LogP contribution is 2.17. The summed E-state index contributed by atoms with van der Waals surface area (Å²) in [4.78, 5) is 46.2. The summed E-state index contributed by atoms with van der Waals surface area (Å²) in [6.07, 6.45) is 2.35. The number of aliphatic carboxylic acids is 1. The number of nitrogens with one attached hydrogen (secondary N) is 1. The molecule has 0 unspecified atom stereocenters. The number of carbonyl (C=O) groups excluding carboxylic acids is 3. The Morgan fingerprint density at radius 3 is 2.41 bits per heavy atom. The summed E-state index contributed by atoms with van der Waals surface area (Å²) in [6.45, 7) is 0.174. The van der Waals surface area contributed by atoms with Crippen molar-refractivity contribution >= 4 is 23.7 Å². The van der Waals surface area contributed by atoms with Gasteiger partial charge in [0.15, 0.2) is 5.54 Å². The molecule has 0 radical (unpaired) electrons. The Hall–Kier alpha value is -2.26. The Kier molecular flexibility index (Phi) is 4.88. The zero-order chi connectivity index (χ0) is 16.2. The van der Waals surface area contributed by atoms with Gasteiger partial charge in [-0.1, -0.05) is 0 Å². The molecule has 1 saturated heterocycles. The van der Waals surface area contributed by atoms with Crippen LogP contribution in [0.1, 0.15) is 6.42 Å². The van der Waals surface area contributed by atoms with E-state index in [1.54, 1.807) is 0 Å². The third-order valence-corrected chi connectivity index (χ3v) is 3.32. The predicted octanol–water partition coefficient (Wildman–Crippen LogP) is -1.71. The first-order valence-electron chi connectivity index (χ1n) is 6.68. The lowest BCUT2D eigenvalue weighted by atomic mass is 9.97. The molecule has 1 fully saturated rings. The Morgan fingerprint density at radius 1 is 1.27 bits per heavy atom. The van der Waals surface area contributed by atoms with Crippen molar-refractivity contribution in [2.24, 2.45) is 0 Å². The van der Waals surface area contributed by atoms with Gasteiger partial charge in [0, 0.05) is 18.6 Å². The maximum absolute atomic E-state index is 11.6. The van der Waals surface area contributed by atoms with Crippen LogP contribution in [0.25, 0.3) is 0 Å². The lowest BCUT2D eigenvalue weighted by molar-refractivity contribution is -0.169. The van der Waals surface area contributed by atoms with Crippen molar-refractivity contribution < 1.29 is 33.8 Å². The van der Waals surface area contributed by atoms with Crippen molar-refractivity contribution in [3.05, 3.63) is 12.2 Å². The van der Waals surface area contributed by atoms with Crippen LogP contribution in [0.4, 0.5) is 0 Å². The van der Waals surface area contributed by atoms with Crippen LogP contribution >= 0.6 is 0 Å². The van der Waals surface area contributed by atoms with E-state index in [2.05, 4.69) is 5.32 Å². The Bertz CT molecular complexity index is 506. The van der Waals surface area contributed by atoms with Gasteiger partial charge in [-0.25, -0.2) is 4.79 Å². The Morgan fingerprint density at radius 2 is 1.91 bits per heavy atom. The second kappa shape index (κ2) is 6.67. The number of hydrogen-bond acceptors (Lipinski definition) is 6. The van der Waals surface area contributed by atoms with E-state index >= 15 is 0 Å². The first-order valence-corrected chi connectivity index (χ1v) is 6.68. The smallest absolute Gasteiger partial charge is 0.334 e. The van der Waals surface area contributed by atoms with Gasteiger partial charge >= 0.3 is 5.97 Å². The molecule has 0 aromatic heterocycles. The quantitative estimate of drug-likeness (QED) is 0.404. The standard InChI is InChI=1S/C13H16N2O7/c16-9(14-13(12(19)20)7-22-8-13)3-5-21-6-4-15-10(17)1-2-11(15)18/h1-2H,3-8H2,(H,14,16)(H,19,20). The normalized spacial score (nSPS) is 19.2. The maximum Gasteiger partial charge on any atom is 0.334 e. The Balaban J connectivity index is 1.61. The van der Waals surface area contributed by atoms with Crippen LogP contribution in [-0.4, -0.2) is 72.2 Å². The summed E-state index contributed by atoms with van der Waals surface area (Å²) in [7, 11) is 0. The van der Waals surface area contributed by atoms with Crippen molar-refractivity contribution in [1.29, 1.82) is 0 Å². The lowest BCUT2D eigenvalue weighted by Gasteiger charge is -2.37. The average Bonchev–Trinajstić information content (AvgIpc) is 2.73. The molecule has 0 bridgehead atoms. The van der Waals surface area contributed by atoms with Gasteiger partial charge in [-0.05, 0) is 0 Å². The largest absolute Gasteiger partial charge is 0.479 e. The number of nitrogens with zero attached hydrogens (tertiary/aromatic N) is 1. The minimum atomic E-state index is -1.34. The van der Waals surface area contributed by atoms with Crippen LogP contribution in [0.2, 0.25) is 0 Å². The highest BCUT2D eigenvalue weighted by molar-refractivity contribution is 6.12. The molecule has 0 aliphatic carbocycles. The minimum Gasteiger partial charge on any atom is -0.479 e. The zero-order valence-electron chi connectivity index (χ0n) is 11.7. The fourth-order valence-corrected chi connectivity index (χ4v) is 1.96. The third kappa shape index (κ3) is 3.49. The van der Waals surface area contributed by atoms with Crippen LogP contribution in [0.15, 0.2) is 12.2 Å². The van der Waals surface area contributed by atoms with Gasteiger partial charge in [-0.3, -0.25) is 19.3 Å². The number of rotatable bonds is 8. The molecule has 0 spiro atoms. The number of carboxylic acids is 1. The summed E-state index contributed by atoms with van der Waals surface area (Å²) in [5.41, 5.74) is -1.34. The average molecular weight is 312 g/mol. The molecule has 2 heterocycles. The number of hydrogen-bond donors (Lipinski definition) is 2. The van der Waals surface area contributed by atoms with Gasteiger partial charge in [-0.2, -0.15) is 0 Å². The minimum absolute atomic E-state index is 0.0187. The molecule has 0 atom stereocenters. The van der Waals surface area contributed by atoms with E-state index in [1.807, 2.05) is 0 Å². The molecular formula is C13H16N2O7. The monoisotopic (exact) mass is 312 g/mol. The van der Waals surface area contributed by atoms with Crippen molar-refractivity contribution in [3.63, 3.8) is 0 Å². The molecule has 22 heavy (non-hydrogen) atoms. The molecule has 2 aliphatic rings. The number of amides is 3. The van der Waals surface area contributed by atoms with Crippen LogP contribution in [0.5, 0.6) is 0 Å². The molecule has 0 aromatic carbocycles. The van der Waals surface area contributed by atoms with Crippen LogP contribution in [0, 0.1) is 0 Å². The highest BCUT2D eigenvalue weighted by Gasteiger charge is 2.47. The summed E-state index contributed by atoms with van der Waals surface area (Å²) in [5, 5.41) is 11.4. The summed E-state index contributed by atoms with van der Waals surface area (Å²) in [6, 6.07) is 0. The molecule has 120 valence electrons. The lowest BCUT2D eigenvalue weighted by Crippen LogP contribution is -2.67. The highest BCUT2D eigenvalue weighted by atomic mass is 16.5. The fraction of sp³-hybridized carbons (Fsp3) is 0.538. The van der Waals surface area contributed by atoms with Gasteiger partial charge < -0.3 is 19.9 Å². The maximum atomic E-state index is 11.6. The zero-order valence-corrected chi connectivity index (χ0v) is 11.7. The summed E-state index contributed by atoms with van der Waals surface area (Å²) in [5.74, 6) is -2.37. The van der Waals surface area contributed by atoms with Crippen LogP contribution < -0.4 is 5.32 Å². The van der Waals surface area contributed by atoms with Gasteiger partial charge in [-0.15, -0.1) is 0 Å². The molecule has 3 amide bonds. The van der Waals surface area contributed by atoms with E-state index in [4.69, 9.17) is 14.6 Å². The van der Waals surface area contributed by atoms with Crippen molar-refractivity contribution in [1.82, 2.24) is 10.2 Å². The predicted molar refractivity (Wildman–Crippen MR) is 70.6 cm³/mol. The summed E-state index contributed by atoms with van der Waals surface area (Å²) < 4.78 is 9.99. The SMILES string of the molecule is O=C(CCOCCN1C(=O)C=CC1=O)NC1(C(=O)O)COC1. The summed E-state index contributed by atoms with van der Waals surface area (Å²) >= 11 is 0. The molecular weight excluding hydrogens is 296 g/mol. The number of carboxylic acid groups (broad SMARTS) is 1. The van der Waals surface area contributed by atoms with E-state index in [0.717, 1.165) is 4.90 Å². The van der Waals surface area contributed by atoms with Crippen LogP contribution in [-0.2, 0) is 28.7 Å².